The van der Waals surface area contributed by atoms with Crippen LogP contribution < -0.4 is 14.8 Å². The fraction of sp³-hybridized carbons (Fsp3) is 0.188. The molecule has 0 atom stereocenters. The summed E-state index contributed by atoms with van der Waals surface area (Å²) in [6, 6.07) is 15.4. The molecule has 0 radical (unpaired) electrons. The lowest BCUT2D eigenvalue weighted by molar-refractivity contribution is 0.368. The van der Waals surface area contributed by atoms with Gasteiger partial charge in [-0.2, -0.15) is 5.26 Å². The van der Waals surface area contributed by atoms with Gasteiger partial charge in [0.05, 0.1) is 12.8 Å². The number of benzene rings is 2. The van der Waals surface area contributed by atoms with E-state index in [0.717, 1.165) is 21.5 Å². The van der Waals surface area contributed by atoms with Crippen molar-refractivity contribution in [3.05, 3.63) is 52.5 Å². The zero-order valence-corrected chi connectivity index (χ0v) is 13.2. The second-order valence-electron chi connectivity index (χ2n) is 4.29. The summed E-state index contributed by atoms with van der Waals surface area (Å²) in [5.41, 5.74) is 2.09. The summed E-state index contributed by atoms with van der Waals surface area (Å²) in [4.78, 5) is 0. The summed E-state index contributed by atoms with van der Waals surface area (Å²) in [6.45, 7) is 0.749. The molecule has 2 aromatic rings. The van der Waals surface area contributed by atoms with Crippen LogP contribution in [-0.4, -0.2) is 13.7 Å². The van der Waals surface area contributed by atoms with Gasteiger partial charge in [-0.15, -0.1) is 0 Å². The van der Waals surface area contributed by atoms with Gasteiger partial charge in [0.25, 0.3) is 0 Å². The van der Waals surface area contributed by atoms with Crippen molar-refractivity contribution in [3.63, 3.8) is 0 Å². The van der Waals surface area contributed by atoms with Crippen molar-refractivity contribution in [2.75, 3.05) is 19.0 Å². The molecule has 0 heterocycles. The van der Waals surface area contributed by atoms with Crippen LogP contribution in [0.2, 0.25) is 0 Å². The van der Waals surface area contributed by atoms with Gasteiger partial charge in [-0.1, -0.05) is 12.1 Å². The normalized spacial score (nSPS) is 9.76. The third kappa shape index (κ3) is 4.40. The van der Waals surface area contributed by atoms with Crippen molar-refractivity contribution in [1.29, 1.82) is 5.26 Å². The highest BCUT2D eigenvalue weighted by Crippen LogP contribution is 2.27. The molecule has 2 rings (SSSR count). The Kier molecular flexibility index (Phi) is 5.47. The molecule has 21 heavy (non-hydrogen) atoms. The second-order valence-corrected chi connectivity index (χ2v) is 5.14. The van der Waals surface area contributed by atoms with E-state index in [1.54, 1.807) is 7.11 Å². The minimum absolute atomic E-state index is 0.0638. The standard InChI is InChI=1S/C16H15BrN2O2/c1-20-14-6-7-15(17)16(10-14)19-11-12-2-4-13(5-3-12)21-9-8-18/h2-7,10,19H,9,11H2,1H3. The fourth-order valence-corrected chi connectivity index (χ4v) is 2.17. The van der Waals surface area contributed by atoms with E-state index in [9.17, 15) is 0 Å². The van der Waals surface area contributed by atoms with Crippen LogP contribution in [-0.2, 0) is 6.54 Å². The van der Waals surface area contributed by atoms with Crippen LogP contribution in [0.25, 0.3) is 0 Å². The van der Waals surface area contributed by atoms with E-state index in [4.69, 9.17) is 14.7 Å². The molecule has 0 amide bonds. The van der Waals surface area contributed by atoms with Crippen molar-refractivity contribution >= 4 is 21.6 Å². The van der Waals surface area contributed by atoms with E-state index >= 15 is 0 Å². The van der Waals surface area contributed by atoms with Gasteiger partial charge in [0.15, 0.2) is 6.61 Å². The summed E-state index contributed by atoms with van der Waals surface area (Å²) in [5, 5.41) is 11.8. The Labute approximate surface area is 132 Å². The number of hydrogen-bond donors (Lipinski definition) is 1. The van der Waals surface area contributed by atoms with Crippen LogP contribution in [0.1, 0.15) is 5.56 Å². The van der Waals surface area contributed by atoms with Gasteiger partial charge in [0.1, 0.15) is 17.6 Å². The average Bonchev–Trinajstić information content (AvgIpc) is 2.53. The minimum atomic E-state index is 0.0638. The van der Waals surface area contributed by atoms with Gasteiger partial charge in [0.2, 0.25) is 0 Å². The second kappa shape index (κ2) is 7.55. The predicted octanol–water partition coefficient (Wildman–Crippen LogP) is 3.97. The smallest absolute Gasteiger partial charge is 0.174 e. The number of methoxy groups -OCH3 is 1. The number of ether oxygens (including phenoxy) is 2. The van der Waals surface area contributed by atoms with E-state index < -0.39 is 0 Å². The first-order valence-electron chi connectivity index (χ1n) is 6.39. The van der Waals surface area contributed by atoms with Crippen molar-refractivity contribution in [2.24, 2.45) is 0 Å². The van der Waals surface area contributed by atoms with Crippen molar-refractivity contribution in [3.8, 4) is 17.6 Å². The lowest BCUT2D eigenvalue weighted by atomic mass is 10.2. The molecule has 0 aliphatic rings. The monoisotopic (exact) mass is 346 g/mol. The lowest BCUT2D eigenvalue weighted by Crippen LogP contribution is -2.01. The van der Waals surface area contributed by atoms with Gasteiger partial charge < -0.3 is 14.8 Å². The van der Waals surface area contributed by atoms with Gasteiger partial charge in [-0.25, -0.2) is 0 Å². The largest absolute Gasteiger partial charge is 0.497 e. The summed E-state index contributed by atoms with van der Waals surface area (Å²) >= 11 is 3.50. The molecule has 108 valence electrons. The maximum Gasteiger partial charge on any atom is 0.174 e. The summed E-state index contributed by atoms with van der Waals surface area (Å²) < 4.78 is 11.4. The number of hydrogen-bond acceptors (Lipinski definition) is 4. The molecule has 0 unspecified atom stereocenters. The molecule has 0 fully saturated rings. The van der Waals surface area contributed by atoms with E-state index in [1.165, 1.54) is 0 Å². The number of nitriles is 1. The molecular formula is C16H15BrN2O2. The zero-order chi connectivity index (χ0) is 15.1. The summed E-state index contributed by atoms with van der Waals surface area (Å²) in [7, 11) is 1.65. The highest BCUT2D eigenvalue weighted by Gasteiger charge is 2.02. The highest BCUT2D eigenvalue weighted by molar-refractivity contribution is 9.10. The summed E-state index contributed by atoms with van der Waals surface area (Å²) in [6.07, 6.45) is 0. The quantitative estimate of drug-likeness (QED) is 0.859. The molecule has 0 aliphatic carbocycles. The zero-order valence-electron chi connectivity index (χ0n) is 11.6. The molecular weight excluding hydrogens is 332 g/mol. The topological polar surface area (TPSA) is 54.3 Å². The Bertz CT molecular complexity index is 636. The van der Waals surface area contributed by atoms with E-state index in [2.05, 4.69) is 21.2 Å². The third-order valence-corrected chi connectivity index (χ3v) is 3.57. The maximum absolute atomic E-state index is 8.46. The van der Waals surface area contributed by atoms with Crippen molar-refractivity contribution < 1.29 is 9.47 Å². The minimum Gasteiger partial charge on any atom is -0.497 e. The van der Waals surface area contributed by atoms with Gasteiger partial charge in [0, 0.05) is 17.1 Å². The van der Waals surface area contributed by atoms with Gasteiger partial charge >= 0.3 is 0 Å². The molecule has 1 N–H and O–H groups in total. The molecule has 4 nitrogen and oxygen atoms in total. The molecule has 2 aromatic carbocycles. The average molecular weight is 347 g/mol. The Morgan fingerprint density at radius 2 is 1.86 bits per heavy atom. The molecule has 0 spiro atoms. The Balaban J connectivity index is 1.98. The Morgan fingerprint density at radius 3 is 2.52 bits per heavy atom. The van der Waals surface area contributed by atoms with Crippen LogP contribution in [0.4, 0.5) is 5.69 Å². The lowest BCUT2D eigenvalue weighted by Gasteiger charge is -2.11. The molecule has 0 bridgehead atoms. The van der Waals surface area contributed by atoms with Crippen LogP contribution >= 0.6 is 15.9 Å². The molecule has 0 saturated carbocycles. The van der Waals surface area contributed by atoms with Crippen molar-refractivity contribution in [1.82, 2.24) is 0 Å². The van der Waals surface area contributed by atoms with Gasteiger partial charge in [-0.05, 0) is 45.8 Å². The van der Waals surface area contributed by atoms with Crippen LogP contribution in [0.15, 0.2) is 46.9 Å². The van der Waals surface area contributed by atoms with Crippen LogP contribution in [0, 0.1) is 11.3 Å². The number of nitrogens with one attached hydrogen (secondary N) is 1. The number of rotatable bonds is 6. The Morgan fingerprint density at radius 1 is 1.14 bits per heavy atom. The van der Waals surface area contributed by atoms with Crippen molar-refractivity contribution in [2.45, 2.75) is 6.54 Å². The number of anilines is 1. The maximum atomic E-state index is 8.46. The molecule has 0 saturated heterocycles. The first-order valence-corrected chi connectivity index (χ1v) is 7.18. The fourth-order valence-electron chi connectivity index (χ4n) is 1.78. The van der Waals surface area contributed by atoms with Gasteiger partial charge in [-0.3, -0.25) is 0 Å². The number of halogens is 1. The SMILES string of the molecule is COc1ccc(Br)c(NCc2ccc(OCC#N)cc2)c1. The molecule has 5 heteroatoms. The molecule has 0 aromatic heterocycles. The van der Waals surface area contributed by atoms with E-state index in [-0.39, 0.29) is 6.61 Å². The first kappa shape index (κ1) is 15.2. The predicted molar refractivity (Wildman–Crippen MR) is 85.6 cm³/mol. The summed E-state index contributed by atoms with van der Waals surface area (Å²) in [5.74, 6) is 1.50. The highest BCUT2D eigenvalue weighted by atomic mass is 79.9. The van der Waals surface area contributed by atoms with E-state index in [0.29, 0.717) is 12.3 Å². The van der Waals surface area contributed by atoms with E-state index in [1.807, 2.05) is 48.5 Å². The Hall–Kier alpha value is -2.19. The first-order chi connectivity index (χ1) is 10.2. The molecule has 0 aliphatic heterocycles. The number of nitrogens with zero attached hydrogens (tertiary/aromatic N) is 1. The van der Waals surface area contributed by atoms with Crippen LogP contribution in [0.5, 0.6) is 11.5 Å². The van der Waals surface area contributed by atoms with Crippen LogP contribution in [0.3, 0.4) is 0 Å². The third-order valence-electron chi connectivity index (χ3n) is 2.88.